The Morgan fingerprint density at radius 2 is 1.82 bits per heavy atom. The number of para-hydroxylation sites is 1. The van der Waals surface area contributed by atoms with Crippen LogP contribution in [0.2, 0.25) is 0 Å². The molecule has 6 rings (SSSR count). The Morgan fingerprint density at radius 3 is 2.50 bits per heavy atom. The molecule has 0 fully saturated rings. The summed E-state index contributed by atoms with van der Waals surface area (Å²) in [7, 11) is 4.52. The summed E-state index contributed by atoms with van der Waals surface area (Å²) in [5, 5.41) is 0.652. The highest BCUT2D eigenvalue weighted by Crippen LogP contribution is 2.42. The Kier molecular flexibility index (Phi) is 8.34. The maximum atomic E-state index is 14.0. The number of carbonyl (C=O) groups is 1. The first-order valence-corrected chi connectivity index (χ1v) is 15.9. The van der Waals surface area contributed by atoms with Crippen LogP contribution in [0, 0.1) is 0 Å². The molecule has 1 aliphatic rings. The number of nitrogens with zero attached hydrogens (tertiary/aromatic N) is 3. The Bertz CT molecular complexity index is 2050. The predicted octanol–water partition coefficient (Wildman–Crippen LogP) is 5.18. The molecule has 1 aliphatic heterocycles. The summed E-state index contributed by atoms with van der Waals surface area (Å²) in [5.41, 5.74) is 1.86. The van der Waals surface area contributed by atoms with Crippen molar-refractivity contribution in [2.45, 2.75) is 29.3 Å². The lowest BCUT2D eigenvalue weighted by Gasteiger charge is -2.26. The molecule has 0 spiro atoms. The molecule has 10 nitrogen and oxygen atoms in total. The summed E-state index contributed by atoms with van der Waals surface area (Å²) in [5.74, 6) is 1.10. The summed E-state index contributed by atoms with van der Waals surface area (Å²) in [6.45, 7) is 3.62. The van der Waals surface area contributed by atoms with E-state index in [0.29, 0.717) is 48.7 Å². The van der Waals surface area contributed by atoms with Gasteiger partial charge in [-0.3, -0.25) is 9.36 Å². The highest BCUT2D eigenvalue weighted by Gasteiger charge is 2.34. The lowest BCUT2D eigenvalue weighted by molar-refractivity contribution is -0.139. The van der Waals surface area contributed by atoms with Crippen LogP contribution in [0.3, 0.4) is 0 Å². The largest absolute Gasteiger partial charge is 0.493 e. The van der Waals surface area contributed by atoms with Crippen LogP contribution < -0.4 is 29.1 Å². The summed E-state index contributed by atoms with van der Waals surface area (Å²) in [4.78, 5) is 37.0. The lowest BCUT2D eigenvalue weighted by atomic mass is 9.95. The van der Waals surface area contributed by atoms with Crippen molar-refractivity contribution in [1.29, 1.82) is 0 Å². The number of furan rings is 1. The molecule has 13 heteroatoms. The van der Waals surface area contributed by atoms with Gasteiger partial charge >= 0.3 is 5.97 Å². The third-order valence-corrected chi connectivity index (χ3v) is 9.86. The van der Waals surface area contributed by atoms with E-state index in [1.165, 1.54) is 49.0 Å². The number of allylic oxidation sites excluding steroid dienone is 1. The molecule has 1 atom stereocenters. The van der Waals surface area contributed by atoms with Crippen molar-refractivity contribution in [2.75, 3.05) is 27.9 Å². The molecular weight excluding hydrogens is 623 g/mol. The molecule has 4 heterocycles. The Balaban J connectivity index is 1.44. The Morgan fingerprint density at radius 1 is 1.07 bits per heavy atom. The SMILES string of the molecule is CCOC(=O)C1=C(C)N=c2s/c(=C\c3ccc(Sc4nc5ccccc5s4)o3)c(=O)n2[C@@H]1c1cc(OC)c(OC)c(OC)c1. The molecule has 2 aromatic carbocycles. The predicted molar refractivity (Wildman–Crippen MR) is 169 cm³/mol. The van der Waals surface area contributed by atoms with E-state index < -0.39 is 12.0 Å². The Labute approximate surface area is 263 Å². The molecule has 0 unspecified atom stereocenters. The van der Waals surface area contributed by atoms with Gasteiger partial charge in [0.25, 0.3) is 5.56 Å². The van der Waals surface area contributed by atoms with E-state index in [1.807, 2.05) is 30.3 Å². The van der Waals surface area contributed by atoms with Gasteiger partial charge in [-0.05, 0) is 67.6 Å². The first-order valence-electron chi connectivity index (χ1n) is 13.5. The van der Waals surface area contributed by atoms with Gasteiger partial charge in [0.1, 0.15) is 5.76 Å². The number of fused-ring (bicyclic) bond motifs is 2. The van der Waals surface area contributed by atoms with Gasteiger partial charge in [0, 0.05) is 6.08 Å². The van der Waals surface area contributed by atoms with Gasteiger partial charge in [0.2, 0.25) is 5.75 Å². The standard InChI is InChI=1S/C31H27N3O7S3/c1-6-40-29(36)25-16(2)32-30-34(26(25)17-13-20(37-3)27(39-5)21(14-17)38-4)28(35)23(42-30)15-18-11-12-24(41-18)44-31-33-19-9-7-8-10-22(19)43-31/h7-15,26H,6H2,1-5H3/b23-15-/t26-/m1/s1. The third-order valence-electron chi connectivity index (χ3n) is 6.86. The Hall–Kier alpha value is -4.33. The van der Waals surface area contributed by atoms with Crippen LogP contribution in [0.25, 0.3) is 16.3 Å². The van der Waals surface area contributed by atoms with Gasteiger partial charge in [-0.25, -0.2) is 14.8 Å². The molecule has 3 aromatic heterocycles. The van der Waals surface area contributed by atoms with Crippen molar-refractivity contribution in [3.8, 4) is 17.2 Å². The molecule has 0 amide bonds. The maximum Gasteiger partial charge on any atom is 0.338 e. The van der Waals surface area contributed by atoms with Crippen LogP contribution in [0.4, 0.5) is 0 Å². The summed E-state index contributed by atoms with van der Waals surface area (Å²) >= 11 is 4.22. The molecule has 0 radical (unpaired) electrons. The molecule has 0 aliphatic carbocycles. The zero-order valence-electron chi connectivity index (χ0n) is 24.4. The molecule has 0 bridgehead atoms. The van der Waals surface area contributed by atoms with Crippen LogP contribution in [0.1, 0.15) is 31.2 Å². The van der Waals surface area contributed by atoms with Crippen molar-refractivity contribution < 1.29 is 28.2 Å². The molecule has 44 heavy (non-hydrogen) atoms. The fourth-order valence-corrected chi connectivity index (χ4v) is 7.94. The van der Waals surface area contributed by atoms with Crippen molar-refractivity contribution in [2.24, 2.45) is 4.99 Å². The number of benzene rings is 2. The second kappa shape index (κ2) is 12.3. The number of hydrogen-bond acceptors (Lipinski definition) is 12. The molecule has 0 saturated carbocycles. The molecule has 0 saturated heterocycles. The first kappa shape index (κ1) is 29.7. The summed E-state index contributed by atoms with van der Waals surface area (Å²) in [6.07, 6.45) is 1.68. The number of rotatable bonds is 9. The van der Waals surface area contributed by atoms with Crippen LogP contribution in [-0.4, -0.2) is 43.5 Å². The van der Waals surface area contributed by atoms with Crippen molar-refractivity contribution in [3.63, 3.8) is 0 Å². The van der Waals surface area contributed by atoms with Crippen LogP contribution >= 0.6 is 34.4 Å². The second-order valence-electron chi connectivity index (χ2n) is 9.47. The number of methoxy groups -OCH3 is 3. The number of thiazole rings is 2. The minimum atomic E-state index is -0.858. The van der Waals surface area contributed by atoms with E-state index in [-0.39, 0.29) is 17.7 Å². The summed E-state index contributed by atoms with van der Waals surface area (Å²) < 4.78 is 32.0. The van der Waals surface area contributed by atoms with Gasteiger partial charge in [-0.15, -0.1) is 11.3 Å². The second-order valence-corrected chi connectivity index (χ2v) is 12.8. The van der Waals surface area contributed by atoms with Crippen molar-refractivity contribution in [3.05, 3.63) is 90.8 Å². The van der Waals surface area contributed by atoms with Gasteiger partial charge in [-0.1, -0.05) is 23.5 Å². The van der Waals surface area contributed by atoms with E-state index in [1.54, 1.807) is 49.5 Å². The number of carbonyl (C=O) groups excluding carboxylic acids is 1. The number of hydrogen-bond donors (Lipinski definition) is 0. The van der Waals surface area contributed by atoms with Crippen molar-refractivity contribution >= 4 is 56.7 Å². The quantitative estimate of drug-likeness (QED) is 0.199. The minimum Gasteiger partial charge on any atom is -0.493 e. The average Bonchev–Trinajstić information content (AvgIpc) is 3.72. The molecule has 226 valence electrons. The fourth-order valence-electron chi connectivity index (χ4n) is 4.94. The number of esters is 1. The van der Waals surface area contributed by atoms with E-state index >= 15 is 0 Å². The van der Waals surface area contributed by atoms with Crippen LogP contribution in [0.5, 0.6) is 17.2 Å². The van der Waals surface area contributed by atoms with Gasteiger partial charge in [-0.2, -0.15) is 0 Å². The van der Waals surface area contributed by atoms with Gasteiger partial charge in [0.15, 0.2) is 25.7 Å². The topological polar surface area (TPSA) is 114 Å². The third kappa shape index (κ3) is 5.42. The highest BCUT2D eigenvalue weighted by molar-refractivity contribution is 8.01. The number of ether oxygens (including phenoxy) is 4. The fraction of sp³-hybridized carbons (Fsp3) is 0.226. The monoisotopic (exact) mass is 649 g/mol. The normalized spacial score (nSPS) is 14.8. The highest BCUT2D eigenvalue weighted by atomic mass is 32.2. The maximum absolute atomic E-state index is 14.0. The molecule has 5 aromatic rings. The van der Waals surface area contributed by atoms with Gasteiger partial charge in [0.05, 0.1) is 60.0 Å². The first-order chi connectivity index (χ1) is 21.3. The lowest BCUT2D eigenvalue weighted by Crippen LogP contribution is -2.40. The number of aromatic nitrogens is 2. The molecular formula is C31H27N3O7S3. The van der Waals surface area contributed by atoms with Crippen molar-refractivity contribution in [1.82, 2.24) is 9.55 Å². The molecule has 0 N–H and O–H groups in total. The smallest absolute Gasteiger partial charge is 0.338 e. The van der Waals surface area contributed by atoms with E-state index in [0.717, 1.165) is 14.6 Å². The van der Waals surface area contributed by atoms with E-state index in [9.17, 15) is 9.59 Å². The summed E-state index contributed by atoms with van der Waals surface area (Å²) in [6, 6.07) is 14.2. The average molecular weight is 650 g/mol. The zero-order chi connectivity index (χ0) is 31.0. The van der Waals surface area contributed by atoms with Crippen LogP contribution in [0.15, 0.2) is 83.4 Å². The minimum absolute atomic E-state index is 0.165. The van der Waals surface area contributed by atoms with Gasteiger partial charge < -0.3 is 23.4 Å². The zero-order valence-corrected chi connectivity index (χ0v) is 26.9. The van der Waals surface area contributed by atoms with E-state index in [4.69, 9.17) is 23.4 Å². The van der Waals surface area contributed by atoms with E-state index in [2.05, 4.69) is 9.98 Å². The van der Waals surface area contributed by atoms with Crippen LogP contribution in [-0.2, 0) is 9.53 Å².